The number of nitrogens with zero attached hydrogens (tertiary/aromatic N) is 1. The first kappa shape index (κ1) is 20.3. The third kappa shape index (κ3) is 3.42. The second kappa shape index (κ2) is 7.80. The number of likely N-dealkylation sites (tertiary alicyclic amines) is 1. The van der Waals surface area contributed by atoms with Crippen molar-refractivity contribution in [1.29, 1.82) is 0 Å². The first-order valence-corrected chi connectivity index (χ1v) is 12.0. The summed E-state index contributed by atoms with van der Waals surface area (Å²) in [6.07, 6.45) is 8.18. The topological polar surface area (TPSA) is 44.4 Å². The monoisotopic (exact) mass is 407 g/mol. The first-order valence-electron chi connectivity index (χ1n) is 12.0. The fraction of sp³-hybridized carbons (Fsp3) is 0.654. The van der Waals surface area contributed by atoms with Crippen molar-refractivity contribution in [3.63, 3.8) is 0 Å². The van der Waals surface area contributed by atoms with Gasteiger partial charge in [-0.25, -0.2) is 0 Å². The standard InChI is InChI=1S/C26H37N3O/c1-4-27-25(30)24-14-21(28-15-19-9-10-20-13-23(19)26(20,2)3)16-29(24)22-11-17-7-5-6-8-18(17)12-22/h5-9,20-24,28H,4,10-16H2,1-3H3,(H,27,30)/t20-,21+,23-,24-/m0/s1. The van der Waals surface area contributed by atoms with Gasteiger partial charge < -0.3 is 10.6 Å². The van der Waals surface area contributed by atoms with Crippen LogP contribution in [0.1, 0.15) is 51.2 Å². The zero-order chi connectivity index (χ0) is 20.9. The molecule has 2 bridgehead atoms. The predicted octanol–water partition coefficient (Wildman–Crippen LogP) is 3.31. The second-order valence-electron chi connectivity index (χ2n) is 10.6. The van der Waals surface area contributed by atoms with Crippen molar-refractivity contribution in [1.82, 2.24) is 15.5 Å². The molecule has 4 atom stereocenters. The number of likely N-dealkylation sites (N-methyl/N-ethyl adjacent to an activating group) is 1. The minimum atomic E-state index is -0.00776. The van der Waals surface area contributed by atoms with Crippen molar-refractivity contribution in [2.75, 3.05) is 19.6 Å². The van der Waals surface area contributed by atoms with E-state index < -0.39 is 0 Å². The highest BCUT2D eigenvalue weighted by Crippen LogP contribution is 2.59. The molecule has 4 nitrogen and oxygen atoms in total. The Bertz CT molecular complexity index is 819. The normalized spacial score (nSPS) is 32.4. The molecule has 4 aliphatic carbocycles. The largest absolute Gasteiger partial charge is 0.355 e. The Labute approximate surface area is 181 Å². The molecule has 0 unspecified atom stereocenters. The molecule has 0 spiro atoms. The van der Waals surface area contributed by atoms with Crippen LogP contribution < -0.4 is 10.6 Å². The van der Waals surface area contributed by atoms with E-state index in [9.17, 15) is 4.79 Å². The van der Waals surface area contributed by atoms with Gasteiger partial charge in [0, 0.05) is 31.7 Å². The molecule has 1 amide bonds. The van der Waals surface area contributed by atoms with E-state index in [1.807, 2.05) is 6.92 Å². The molecule has 30 heavy (non-hydrogen) atoms. The highest BCUT2D eigenvalue weighted by Gasteiger charge is 2.51. The van der Waals surface area contributed by atoms with Gasteiger partial charge in [-0.15, -0.1) is 0 Å². The molecule has 0 aromatic heterocycles. The molecule has 1 saturated carbocycles. The summed E-state index contributed by atoms with van der Waals surface area (Å²) in [5, 5.41) is 6.95. The molecule has 6 rings (SSSR count). The van der Waals surface area contributed by atoms with Crippen LogP contribution in [0.4, 0.5) is 0 Å². The fourth-order valence-electron chi connectivity index (χ4n) is 6.67. The number of amides is 1. The summed E-state index contributed by atoms with van der Waals surface area (Å²) in [7, 11) is 0. The number of allylic oxidation sites excluding steroid dienone is 1. The summed E-state index contributed by atoms with van der Waals surface area (Å²) in [5.41, 5.74) is 5.02. The minimum Gasteiger partial charge on any atom is -0.355 e. The molecule has 5 aliphatic rings. The van der Waals surface area contributed by atoms with Crippen LogP contribution in [-0.2, 0) is 17.6 Å². The molecule has 1 saturated heterocycles. The van der Waals surface area contributed by atoms with Gasteiger partial charge in [0.2, 0.25) is 5.91 Å². The highest BCUT2D eigenvalue weighted by molar-refractivity contribution is 5.82. The Morgan fingerprint density at radius 1 is 1.17 bits per heavy atom. The number of carbonyl (C=O) groups is 1. The first-order chi connectivity index (χ1) is 14.5. The van der Waals surface area contributed by atoms with E-state index in [0.29, 0.717) is 24.0 Å². The smallest absolute Gasteiger partial charge is 0.237 e. The van der Waals surface area contributed by atoms with E-state index in [0.717, 1.165) is 44.2 Å². The SMILES string of the molecule is CCNC(=O)[C@@H]1C[C@@H](NCC2=CC[C@H]3C[C@@H]2C3(C)C)CN1C1Cc2ccccc2C1. The second-order valence-corrected chi connectivity index (χ2v) is 10.6. The molecule has 1 aromatic carbocycles. The Kier molecular flexibility index (Phi) is 5.27. The molecule has 1 aromatic rings. The van der Waals surface area contributed by atoms with E-state index in [1.165, 1.54) is 24.0 Å². The Balaban J connectivity index is 1.25. The lowest BCUT2D eigenvalue weighted by Crippen LogP contribution is -2.50. The van der Waals surface area contributed by atoms with Crippen LogP contribution in [0.3, 0.4) is 0 Å². The van der Waals surface area contributed by atoms with Crippen LogP contribution in [-0.4, -0.2) is 48.6 Å². The average molecular weight is 408 g/mol. The highest BCUT2D eigenvalue weighted by atomic mass is 16.2. The maximum absolute atomic E-state index is 12.9. The number of carbonyl (C=O) groups excluding carboxylic acids is 1. The molecule has 1 heterocycles. The number of hydrogen-bond donors (Lipinski definition) is 2. The number of fused-ring (bicyclic) bond motifs is 2. The van der Waals surface area contributed by atoms with Gasteiger partial charge in [-0.3, -0.25) is 9.69 Å². The molecule has 1 aliphatic heterocycles. The van der Waals surface area contributed by atoms with Crippen molar-refractivity contribution >= 4 is 5.91 Å². The lowest BCUT2D eigenvalue weighted by molar-refractivity contribution is -0.126. The van der Waals surface area contributed by atoms with E-state index in [1.54, 1.807) is 5.57 Å². The van der Waals surface area contributed by atoms with Gasteiger partial charge in [-0.2, -0.15) is 0 Å². The van der Waals surface area contributed by atoms with Gasteiger partial charge in [0.25, 0.3) is 0 Å². The van der Waals surface area contributed by atoms with E-state index in [4.69, 9.17) is 0 Å². The molecule has 2 fully saturated rings. The zero-order valence-electron chi connectivity index (χ0n) is 18.8. The van der Waals surface area contributed by atoms with Crippen LogP contribution in [0.2, 0.25) is 0 Å². The number of benzene rings is 1. The van der Waals surface area contributed by atoms with E-state index in [-0.39, 0.29) is 11.9 Å². The third-order valence-corrected chi connectivity index (χ3v) is 8.67. The van der Waals surface area contributed by atoms with E-state index in [2.05, 4.69) is 59.7 Å². The maximum Gasteiger partial charge on any atom is 0.237 e. The van der Waals surface area contributed by atoms with Crippen molar-refractivity contribution in [2.24, 2.45) is 17.3 Å². The van der Waals surface area contributed by atoms with Gasteiger partial charge in [0.15, 0.2) is 0 Å². The Hall–Kier alpha value is -1.65. The summed E-state index contributed by atoms with van der Waals surface area (Å²) >= 11 is 0. The van der Waals surface area contributed by atoms with Crippen molar-refractivity contribution in [3.05, 3.63) is 47.0 Å². The minimum absolute atomic E-state index is 0.00776. The van der Waals surface area contributed by atoms with Gasteiger partial charge in [0.1, 0.15) is 0 Å². The molecule has 4 heteroatoms. The summed E-state index contributed by atoms with van der Waals surface area (Å²) < 4.78 is 0. The van der Waals surface area contributed by atoms with E-state index >= 15 is 0 Å². The Morgan fingerprint density at radius 2 is 1.90 bits per heavy atom. The van der Waals surface area contributed by atoms with Crippen molar-refractivity contribution in [2.45, 2.75) is 71.0 Å². The van der Waals surface area contributed by atoms with Crippen LogP contribution in [0.15, 0.2) is 35.9 Å². The predicted molar refractivity (Wildman–Crippen MR) is 121 cm³/mol. The molecular weight excluding hydrogens is 370 g/mol. The van der Waals surface area contributed by atoms with Crippen LogP contribution in [0.5, 0.6) is 0 Å². The van der Waals surface area contributed by atoms with Gasteiger partial charge in [0.05, 0.1) is 6.04 Å². The summed E-state index contributed by atoms with van der Waals surface area (Å²) in [6, 6.07) is 9.62. The van der Waals surface area contributed by atoms with Gasteiger partial charge in [-0.1, -0.05) is 49.8 Å². The molecule has 162 valence electrons. The molecule has 2 N–H and O–H groups in total. The number of nitrogens with one attached hydrogen (secondary N) is 2. The Morgan fingerprint density at radius 3 is 2.53 bits per heavy atom. The quantitative estimate of drug-likeness (QED) is 0.711. The fourth-order valence-corrected chi connectivity index (χ4v) is 6.67. The van der Waals surface area contributed by atoms with Crippen LogP contribution in [0.25, 0.3) is 0 Å². The van der Waals surface area contributed by atoms with Gasteiger partial charge in [-0.05, 0) is 67.4 Å². The van der Waals surface area contributed by atoms with Crippen molar-refractivity contribution in [3.8, 4) is 0 Å². The maximum atomic E-state index is 12.9. The van der Waals surface area contributed by atoms with Crippen LogP contribution in [0, 0.1) is 17.3 Å². The van der Waals surface area contributed by atoms with Crippen molar-refractivity contribution < 1.29 is 4.79 Å². The van der Waals surface area contributed by atoms with Gasteiger partial charge >= 0.3 is 0 Å². The molecular formula is C26H37N3O. The molecule has 0 radical (unpaired) electrons. The third-order valence-electron chi connectivity index (χ3n) is 8.67. The lowest BCUT2D eigenvalue weighted by Gasteiger charge is -2.56. The lowest BCUT2D eigenvalue weighted by atomic mass is 9.49. The number of rotatable bonds is 6. The zero-order valence-corrected chi connectivity index (χ0v) is 18.8. The summed E-state index contributed by atoms with van der Waals surface area (Å²) in [6.45, 7) is 9.58. The van der Waals surface area contributed by atoms with Crippen LogP contribution >= 0.6 is 0 Å². The number of hydrogen-bond acceptors (Lipinski definition) is 3. The summed E-state index contributed by atoms with van der Waals surface area (Å²) in [5.74, 6) is 1.85. The average Bonchev–Trinajstić information content (AvgIpc) is 3.36. The summed E-state index contributed by atoms with van der Waals surface area (Å²) in [4.78, 5) is 15.4.